The molecule has 1 heterocycles. The highest BCUT2D eigenvalue weighted by Gasteiger charge is 2.32. The zero-order valence-corrected chi connectivity index (χ0v) is 13.6. The van der Waals surface area contributed by atoms with Gasteiger partial charge in [-0.1, -0.05) is 49.4 Å². The van der Waals surface area contributed by atoms with E-state index in [9.17, 15) is 4.79 Å². The van der Waals surface area contributed by atoms with Crippen molar-refractivity contribution in [1.29, 1.82) is 0 Å². The quantitative estimate of drug-likeness (QED) is 0.911. The molecule has 1 aliphatic rings. The summed E-state index contributed by atoms with van der Waals surface area (Å²) in [5, 5.41) is 11.0. The second-order valence-corrected chi connectivity index (χ2v) is 6.76. The van der Waals surface area contributed by atoms with Gasteiger partial charge in [-0.05, 0) is 29.9 Å². The number of carbonyl (C=O) groups excluding carboxylic acids is 1. The van der Waals surface area contributed by atoms with Crippen LogP contribution in [0.5, 0.6) is 0 Å². The molecule has 0 radical (unpaired) electrons. The first-order chi connectivity index (χ1) is 10.6. The first-order valence-electron chi connectivity index (χ1n) is 7.56. The summed E-state index contributed by atoms with van der Waals surface area (Å²) < 4.78 is 0. The van der Waals surface area contributed by atoms with Crippen LogP contribution in [0.3, 0.4) is 0 Å². The molecule has 1 aliphatic carbocycles. The van der Waals surface area contributed by atoms with E-state index < -0.39 is 0 Å². The van der Waals surface area contributed by atoms with E-state index in [1.165, 1.54) is 16.9 Å². The average molecular weight is 316 g/mol. The highest BCUT2D eigenvalue weighted by atomic mass is 32.1. The second-order valence-electron chi connectivity index (χ2n) is 5.93. The van der Waals surface area contributed by atoms with Gasteiger partial charge in [0.25, 0.3) is 0 Å². The average Bonchev–Trinajstić information content (AvgIpc) is 3.22. The Bertz CT molecular complexity index is 620. The van der Waals surface area contributed by atoms with Crippen LogP contribution < -0.4 is 5.32 Å². The highest BCUT2D eigenvalue weighted by molar-refractivity contribution is 7.13. The number of amides is 2. The maximum Gasteiger partial charge on any atom is 0.324 e. The number of carbonyl (C=O) groups is 1. The Kier molecular flexibility index (Phi) is 4.38. The highest BCUT2D eigenvalue weighted by Crippen LogP contribution is 2.29. The third-order valence-electron chi connectivity index (χ3n) is 3.82. The number of urea groups is 1. The Hall–Kier alpha value is -1.95. The molecule has 6 heteroatoms. The van der Waals surface area contributed by atoms with E-state index in [4.69, 9.17) is 0 Å². The third-order valence-corrected chi connectivity index (χ3v) is 4.43. The molecule has 1 fully saturated rings. The summed E-state index contributed by atoms with van der Waals surface area (Å²) in [5.41, 5.74) is 4.09. The number of nitrogens with one attached hydrogen (secondary N) is 1. The Morgan fingerprint density at radius 2 is 2.09 bits per heavy atom. The maximum absolute atomic E-state index is 12.4. The first-order valence-corrected chi connectivity index (χ1v) is 8.44. The lowest BCUT2D eigenvalue weighted by molar-refractivity contribution is 0.206. The first kappa shape index (κ1) is 15.0. The monoisotopic (exact) mass is 316 g/mol. The molecule has 0 bridgehead atoms. The SMILES string of the molecule is CC(C)c1ccc(CN(C(=O)Nc2nncs2)C2CC2)cc1. The molecule has 2 amide bonds. The number of hydrogen-bond donors (Lipinski definition) is 1. The third kappa shape index (κ3) is 3.62. The fourth-order valence-corrected chi connectivity index (χ4v) is 2.78. The minimum atomic E-state index is -0.0906. The zero-order chi connectivity index (χ0) is 15.5. The van der Waals surface area contributed by atoms with Gasteiger partial charge in [-0.25, -0.2) is 4.79 Å². The van der Waals surface area contributed by atoms with Crippen LogP contribution in [-0.2, 0) is 6.54 Å². The molecule has 2 aromatic rings. The lowest BCUT2D eigenvalue weighted by atomic mass is 10.0. The number of rotatable bonds is 5. The van der Waals surface area contributed by atoms with Crippen LogP contribution in [0.25, 0.3) is 0 Å². The van der Waals surface area contributed by atoms with E-state index in [2.05, 4.69) is 53.6 Å². The van der Waals surface area contributed by atoms with Crippen LogP contribution in [0.15, 0.2) is 29.8 Å². The van der Waals surface area contributed by atoms with Crippen LogP contribution in [0, 0.1) is 0 Å². The minimum Gasteiger partial charge on any atom is -0.317 e. The van der Waals surface area contributed by atoms with Crippen molar-refractivity contribution in [2.45, 2.75) is 45.2 Å². The predicted octanol–water partition coefficient (Wildman–Crippen LogP) is 3.86. The topological polar surface area (TPSA) is 58.1 Å². The molecule has 3 rings (SSSR count). The summed E-state index contributed by atoms with van der Waals surface area (Å²) in [6.45, 7) is 5.00. The van der Waals surface area contributed by atoms with E-state index >= 15 is 0 Å². The summed E-state index contributed by atoms with van der Waals surface area (Å²) in [6.07, 6.45) is 2.15. The normalized spacial score (nSPS) is 14.1. The molecular weight excluding hydrogens is 296 g/mol. The van der Waals surface area contributed by atoms with E-state index in [0.29, 0.717) is 23.6 Å². The Balaban J connectivity index is 1.67. The van der Waals surface area contributed by atoms with Gasteiger partial charge >= 0.3 is 6.03 Å². The lowest BCUT2D eigenvalue weighted by Gasteiger charge is -2.22. The molecule has 0 aliphatic heterocycles. The van der Waals surface area contributed by atoms with Crippen molar-refractivity contribution in [1.82, 2.24) is 15.1 Å². The van der Waals surface area contributed by atoms with Gasteiger partial charge in [0.2, 0.25) is 5.13 Å². The summed E-state index contributed by atoms with van der Waals surface area (Å²) in [6, 6.07) is 8.78. The predicted molar refractivity (Wildman–Crippen MR) is 88.0 cm³/mol. The van der Waals surface area contributed by atoms with E-state index in [1.807, 2.05) is 4.90 Å². The molecular formula is C16H20N4OS. The fourth-order valence-electron chi connectivity index (χ4n) is 2.35. The number of nitrogens with zero attached hydrogens (tertiary/aromatic N) is 3. The van der Waals surface area contributed by atoms with Crippen molar-refractivity contribution >= 4 is 22.5 Å². The van der Waals surface area contributed by atoms with E-state index in [1.54, 1.807) is 5.51 Å². The smallest absolute Gasteiger partial charge is 0.317 e. The number of benzene rings is 1. The van der Waals surface area contributed by atoms with Gasteiger partial charge in [0.15, 0.2) is 0 Å². The molecule has 1 saturated carbocycles. The van der Waals surface area contributed by atoms with Crippen molar-refractivity contribution in [3.63, 3.8) is 0 Å². The number of anilines is 1. The standard InChI is InChI=1S/C16H20N4OS/c1-11(2)13-5-3-12(4-6-13)9-20(14-7-8-14)16(21)18-15-19-17-10-22-15/h3-6,10-11,14H,7-9H2,1-2H3,(H,18,19,21). The van der Waals surface area contributed by atoms with Gasteiger partial charge < -0.3 is 4.90 Å². The van der Waals surface area contributed by atoms with E-state index in [-0.39, 0.29) is 6.03 Å². The lowest BCUT2D eigenvalue weighted by Crippen LogP contribution is -2.36. The van der Waals surface area contributed by atoms with Gasteiger partial charge in [0.1, 0.15) is 5.51 Å². The van der Waals surface area contributed by atoms with Gasteiger partial charge in [-0.15, -0.1) is 10.2 Å². The van der Waals surface area contributed by atoms with Crippen molar-refractivity contribution in [2.75, 3.05) is 5.32 Å². The van der Waals surface area contributed by atoms with Gasteiger partial charge in [-0.3, -0.25) is 5.32 Å². The maximum atomic E-state index is 12.4. The van der Waals surface area contributed by atoms with Gasteiger partial charge in [0, 0.05) is 12.6 Å². The molecule has 22 heavy (non-hydrogen) atoms. The van der Waals surface area contributed by atoms with Crippen LogP contribution in [0.1, 0.15) is 43.7 Å². The molecule has 5 nitrogen and oxygen atoms in total. The molecule has 116 valence electrons. The van der Waals surface area contributed by atoms with E-state index in [0.717, 1.165) is 18.4 Å². The zero-order valence-electron chi connectivity index (χ0n) is 12.8. The van der Waals surface area contributed by atoms with Crippen LogP contribution in [-0.4, -0.2) is 27.2 Å². The van der Waals surface area contributed by atoms with Gasteiger partial charge in [-0.2, -0.15) is 0 Å². The van der Waals surface area contributed by atoms with Crippen molar-refractivity contribution in [2.24, 2.45) is 0 Å². The Labute approximate surface area is 134 Å². The van der Waals surface area contributed by atoms with Crippen molar-refractivity contribution in [3.05, 3.63) is 40.9 Å². The fraction of sp³-hybridized carbons (Fsp3) is 0.438. The Morgan fingerprint density at radius 1 is 1.36 bits per heavy atom. The van der Waals surface area contributed by atoms with Crippen LogP contribution in [0.2, 0.25) is 0 Å². The molecule has 0 saturated heterocycles. The molecule has 0 atom stereocenters. The van der Waals surface area contributed by atoms with Crippen LogP contribution >= 0.6 is 11.3 Å². The minimum absolute atomic E-state index is 0.0906. The molecule has 0 spiro atoms. The van der Waals surface area contributed by atoms with Crippen molar-refractivity contribution in [3.8, 4) is 0 Å². The molecule has 1 aromatic heterocycles. The summed E-state index contributed by atoms with van der Waals surface area (Å²) in [7, 11) is 0. The Morgan fingerprint density at radius 3 is 2.64 bits per heavy atom. The molecule has 0 unspecified atom stereocenters. The summed E-state index contributed by atoms with van der Waals surface area (Å²) >= 11 is 1.33. The van der Waals surface area contributed by atoms with Gasteiger partial charge in [0.05, 0.1) is 0 Å². The summed E-state index contributed by atoms with van der Waals surface area (Å²) in [5.74, 6) is 0.522. The second kappa shape index (κ2) is 6.44. The number of hydrogen-bond acceptors (Lipinski definition) is 4. The summed E-state index contributed by atoms with van der Waals surface area (Å²) in [4.78, 5) is 14.3. The van der Waals surface area contributed by atoms with Crippen molar-refractivity contribution < 1.29 is 4.79 Å². The number of aromatic nitrogens is 2. The molecule has 1 N–H and O–H groups in total. The molecule has 1 aromatic carbocycles. The largest absolute Gasteiger partial charge is 0.324 e. The van der Waals surface area contributed by atoms with Crippen LogP contribution in [0.4, 0.5) is 9.93 Å².